The Kier molecular flexibility index (Phi) is 7.37. The van der Waals surface area contributed by atoms with E-state index in [4.69, 9.17) is 0 Å². The molecule has 0 saturated heterocycles. The Morgan fingerprint density at radius 1 is 0.643 bits per heavy atom. The Morgan fingerprint density at radius 2 is 1.00 bits per heavy atom. The third kappa shape index (κ3) is 4.46. The minimum atomic E-state index is -3.06. The maximum atomic E-state index is 2.61. The van der Waals surface area contributed by atoms with E-state index in [9.17, 15) is 0 Å². The Balaban J connectivity index is 0.00000140. The molecule has 0 atom stereocenters. The van der Waals surface area contributed by atoms with Crippen LogP contribution in [0.2, 0.25) is 9.26 Å². The molecule has 28 heavy (non-hydrogen) atoms. The van der Waals surface area contributed by atoms with E-state index in [1.54, 1.807) is 6.56 Å². The first-order valence-corrected chi connectivity index (χ1v) is 22.7. The Morgan fingerprint density at radius 3 is 1.36 bits per heavy atom. The average Bonchev–Trinajstić information content (AvgIpc) is 3.34. The van der Waals surface area contributed by atoms with Crippen LogP contribution in [0.4, 0.5) is 0 Å². The van der Waals surface area contributed by atoms with Crippen molar-refractivity contribution < 1.29 is 17.4 Å². The van der Waals surface area contributed by atoms with Gasteiger partial charge in [0.2, 0.25) is 0 Å². The second kappa shape index (κ2) is 8.84. The second-order valence-electron chi connectivity index (χ2n) is 8.48. The maximum absolute atomic E-state index is 3.06. The van der Waals surface area contributed by atoms with Crippen LogP contribution in [-0.4, -0.2) is 6.88 Å². The van der Waals surface area contributed by atoms with Gasteiger partial charge in [0, 0.05) is 0 Å². The summed E-state index contributed by atoms with van der Waals surface area (Å²) in [6.45, 7) is 2.34. The van der Waals surface area contributed by atoms with Crippen molar-refractivity contribution in [3.05, 3.63) is 103 Å². The van der Waals surface area contributed by atoms with E-state index in [1.807, 2.05) is 0 Å². The van der Waals surface area contributed by atoms with Gasteiger partial charge >= 0.3 is 160 Å². The van der Waals surface area contributed by atoms with Gasteiger partial charge in [0.1, 0.15) is 0 Å². The SMILES string of the molecule is Cl.Cl.[CH3][Zr]([CH3])(=[SiH2])([C]1=CC(c2ccccc2)=CC1)[C]1=CC(c2ccccc2)=CC1. The number of hydrogen-bond donors (Lipinski definition) is 0. The molecule has 0 nitrogen and oxygen atoms in total. The summed E-state index contributed by atoms with van der Waals surface area (Å²) < 4.78 is 8.66. The normalized spacial score (nSPS) is 16.2. The Bertz CT molecular complexity index is 959. The second-order valence-corrected chi connectivity index (χ2v) is 37.4. The third-order valence-electron chi connectivity index (χ3n) is 6.02. The number of rotatable bonds is 4. The van der Waals surface area contributed by atoms with Gasteiger partial charge in [-0.05, 0) is 0 Å². The zero-order valence-corrected chi connectivity index (χ0v) is 22.0. The standard InChI is InChI=1S/2C11H9.2CH3.2ClH.H2Si.Zr/c2*1-2-6-10(7-3-1)11-8-4-5-9-11;;;;;;/h2*1-3,6-9H,4H2;2*1H3;2*1H;1H2;. The van der Waals surface area contributed by atoms with Crippen LogP contribution < -0.4 is 0 Å². The van der Waals surface area contributed by atoms with E-state index in [1.165, 1.54) is 22.3 Å². The summed E-state index contributed by atoms with van der Waals surface area (Å²) in [6.07, 6.45) is 12.1. The molecule has 0 saturated carbocycles. The first-order valence-electron chi connectivity index (χ1n) is 9.43. The fourth-order valence-corrected chi connectivity index (χ4v) is 14.7. The molecule has 0 spiro atoms. The van der Waals surface area contributed by atoms with Gasteiger partial charge in [0.15, 0.2) is 0 Å². The minimum absolute atomic E-state index is 0. The average molecular weight is 507 g/mol. The summed E-state index contributed by atoms with van der Waals surface area (Å²) >= 11 is -3.06. The van der Waals surface area contributed by atoms with Crippen molar-refractivity contribution in [2.75, 3.05) is 0 Å². The van der Waals surface area contributed by atoms with Gasteiger partial charge in [0.05, 0.1) is 0 Å². The zero-order chi connectivity index (χ0) is 18.2. The molecule has 0 aromatic heterocycles. The predicted molar refractivity (Wildman–Crippen MR) is 129 cm³/mol. The van der Waals surface area contributed by atoms with Gasteiger partial charge in [-0.25, -0.2) is 0 Å². The summed E-state index contributed by atoms with van der Waals surface area (Å²) in [5.74, 6) is 0. The van der Waals surface area contributed by atoms with Gasteiger partial charge in [-0.3, -0.25) is 0 Å². The number of allylic oxidation sites excluding steroid dienone is 8. The van der Waals surface area contributed by atoms with E-state index >= 15 is 0 Å². The van der Waals surface area contributed by atoms with Crippen molar-refractivity contribution in [2.45, 2.75) is 22.1 Å². The van der Waals surface area contributed by atoms with Gasteiger partial charge in [-0.15, -0.1) is 24.8 Å². The van der Waals surface area contributed by atoms with Crippen LogP contribution in [0.15, 0.2) is 91.5 Å². The van der Waals surface area contributed by atoms with Crippen LogP contribution >= 0.6 is 24.8 Å². The molecule has 0 unspecified atom stereocenters. The van der Waals surface area contributed by atoms with Crippen LogP contribution in [0.25, 0.3) is 11.1 Å². The van der Waals surface area contributed by atoms with Crippen molar-refractivity contribution in [1.29, 1.82) is 0 Å². The first kappa shape index (κ1) is 23.4. The van der Waals surface area contributed by atoms with E-state index in [0.29, 0.717) is 0 Å². The summed E-state index contributed by atoms with van der Waals surface area (Å²) in [5, 5.41) is 0. The van der Waals surface area contributed by atoms with Crippen LogP contribution in [0.5, 0.6) is 0 Å². The Hall–Kier alpha value is -0.920. The van der Waals surface area contributed by atoms with E-state index in [0.717, 1.165) is 12.8 Å². The molecule has 4 heteroatoms. The summed E-state index contributed by atoms with van der Waals surface area (Å²) in [4.78, 5) is 0. The molecule has 0 amide bonds. The molecule has 0 bridgehead atoms. The molecule has 0 radical (unpaired) electrons. The molecular weight excluding hydrogens is 478 g/mol. The van der Waals surface area contributed by atoms with Crippen LogP contribution in [0.3, 0.4) is 0 Å². The van der Waals surface area contributed by atoms with Crippen molar-refractivity contribution in [1.82, 2.24) is 0 Å². The number of benzene rings is 2. The van der Waals surface area contributed by atoms with Crippen molar-refractivity contribution >= 4 is 42.8 Å². The van der Waals surface area contributed by atoms with Crippen LogP contribution in [0, 0.1) is 0 Å². The molecular formula is C24H28Cl2SiZr. The molecule has 0 heterocycles. The van der Waals surface area contributed by atoms with Gasteiger partial charge in [0.25, 0.3) is 0 Å². The van der Waals surface area contributed by atoms with E-state index in [-0.39, 0.29) is 24.8 Å². The molecule has 2 aliphatic rings. The molecule has 146 valence electrons. The summed E-state index contributed by atoms with van der Waals surface area (Å²) in [7, 11) is 0. The topological polar surface area (TPSA) is 0 Å². The summed E-state index contributed by atoms with van der Waals surface area (Å²) in [5.41, 5.74) is 5.51. The summed E-state index contributed by atoms with van der Waals surface area (Å²) in [6, 6.07) is 21.6. The van der Waals surface area contributed by atoms with Crippen LogP contribution in [-0.2, 0) is 17.4 Å². The van der Waals surface area contributed by atoms with E-state index in [2.05, 4.69) is 101 Å². The molecule has 2 aromatic carbocycles. The van der Waals surface area contributed by atoms with Gasteiger partial charge in [-0.2, -0.15) is 0 Å². The zero-order valence-electron chi connectivity index (χ0n) is 16.5. The monoisotopic (exact) mass is 504 g/mol. The first-order chi connectivity index (χ1) is 12.4. The molecule has 2 aromatic rings. The van der Waals surface area contributed by atoms with Crippen molar-refractivity contribution in [2.24, 2.45) is 0 Å². The third-order valence-corrected chi connectivity index (χ3v) is 23.2. The fourth-order valence-electron chi connectivity index (χ4n) is 4.04. The fraction of sp³-hybridized carbons (Fsp3) is 0.167. The van der Waals surface area contributed by atoms with Gasteiger partial charge in [-0.1, -0.05) is 0 Å². The number of hydrogen-bond acceptors (Lipinski definition) is 0. The van der Waals surface area contributed by atoms with Crippen molar-refractivity contribution in [3.8, 4) is 0 Å². The molecule has 0 aliphatic heterocycles. The quantitative estimate of drug-likeness (QED) is 0.396. The van der Waals surface area contributed by atoms with Crippen molar-refractivity contribution in [3.63, 3.8) is 0 Å². The molecule has 2 aliphatic carbocycles. The van der Waals surface area contributed by atoms with E-state index < -0.39 is 17.4 Å². The Labute approximate surface area is 183 Å². The molecule has 4 rings (SSSR count). The van der Waals surface area contributed by atoms with Crippen LogP contribution in [0.1, 0.15) is 24.0 Å². The number of halogens is 2. The molecule has 0 N–H and O–H groups in total. The van der Waals surface area contributed by atoms with Gasteiger partial charge < -0.3 is 0 Å². The molecule has 0 fully saturated rings. The predicted octanol–water partition coefficient (Wildman–Crippen LogP) is 6.91.